The average molecular weight is 411 g/mol. The van der Waals surface area contributed by atoms with Crippen LogP contribution in [0.2, 0.25) is 0 Å². The zero-order valence-electron chi connectivity index (χ0n) is 16.4. The zero-order valence-corrected chi connectivity index (χ0v) is 17.2. The lowest BCUT2D eigenvalue weighted by atomic mass is 9.84. The molecule has 29 heavy (non-hydrogen) atoms. The summed E-state index contributed by atoms with van der Waals surface area (Å²) in [5.41, 5.74) is 1.65. The van der Waals surface area contributed by atoms with Crippen molar-refractivity contribution in [1.82, 2.24) is 9.21 Å². The lowest BCUT2D eigenvalue weighted by Crippen LogP contribution is -2.57. The minimum absolute atomic E-state index is 0.208. The second kappa shape index (κ2) is 7.26. The molecule has 2 aromatic rings. The molecule has 3 aliphatic rings. The Kier molecular flexibility index (Phi) is 4.71. The van der Waals surface area contributed by atoms with Crippen molar-refractivity contribution in [2.24, 2.45) is 5.92 Å². The van der Waals surface area contributed by atoms with Gasteiger partial charge in [-0.15, -0.1) is 0 Å². The van der Waals surface area contributed by atoms with Crippen LogP contribution in [0.5, 0.6) is 0 Å². The van der Waals surface area contributed by atoms with Gasteiger partial charge in [-0.2, -0.15) is 4.31 Å². The summed E-state index contributed by atoms with van der Waals surface area (Å²) in [5.74, 6) is 0.500. The summed E-state index contributed by atoms with van der Waals surface area (Å²) >= 11 is 0. The van der Waals surface area contributed by atoms with Gasteiger partial charge in [0, 0.05) is 37.2 Å². The summed E-state index contributed by atoms with van der Waals surface area (Å²) in [6.45, 7) is 0.982. The van der Waals surface area contributed by atoms with Crippen LogP contribution >= 0.6 is 0 Å². The van der Waals surface area contributed by atoms with Crippen LogP contribution in [0.25, 0.3) is 11.1 Å². The predicted octanol–water partition coefficient (Wildman–Crippen LogP) is 3.52. The number of sulfonamides is 1. The van der Waals surface area contributed by atoms with Crippen LogP contribution in [0.15, 0.2) is 59.5 Å². The fourth-order valence-electron chi connectivity index (χ4n) is 4.99. The fourth-order valence-corrected chi connectivity index (χ4v) is 6.72. The van der Waals surface area contributed by atoms with Crippen molar-refractivity contribution in [3.8, 4) is 11.1 Å². The first-order valence-corrected chi connectivity index (χ1v) is 12.0. The topological polar surface area (TPSA) is 57.7 Å². The van der Waals surface area contributed by atoms with Gasteiger partial charge in [-0.3, -0.25) is 4.79 Å². The van der Waals surface area contributed by atoms with Crippen LogP contribution in [0.4, 0.5) is 0 Å². The summed E-state index contributed by atoms with van der Waals surface area (Å²) in [6, 6.07) is 17.5. The predicted molar refractivity (Wildman–Crippen MR) is 112 cm³/mol. The number of likely N-dealkylation sites (tertiary alicyclic amines) is 1. The van der Waals surface area contributed by atoms with Crippen molar-refractivity contribution in [2.45, 2.75) is 49.1 Å². The van der Waals surface area contributed by atoms with Crippen LogP contribution < -0.4 is 0 Å². The second-order valence-corrected chi connectivity index (χ2v) is 10.3. The summed E-state index contributed by atoms with van der Waals surface area (Å²) in [7, 11) is -3.60. The molecular formula is C23H26N2O3S. The Labute approximate surface area is 172 Å². The lowest BCUT2D eigenvalue weighted by molar-refractivity contribution is -0.141. The van der Waals surface area contributed by atoms with Gasteiger partial charge in [0.2, 0.25) is 15.9 Å². The van der Waals surface area contributed by atoms with Crippen molar-refractivity contribution < 1.29 is 13.2 Å². The monoisotopic (exact) mass is 410 g/mol. The number of carbonyl (C=O) groups is 1. The Morgan fingerprint density at radius 3 is 2.34 bits per heavy atom. The van der Waals surface area contributed by atoms with E-state index in [1.807, 2.05) is 42.5 Å². The molecule has 2 heterocycles. The van der Waals surface area contributed by atoms with Gasteiger partial charge in [0.15, 0.2) is 0 Å². The molecule has 2 aliphatic heterocycles. The molecule has 6 heteroatoms. The third-order valence-electron chi connectivity index (χ3n) is 6.56. The van der Waals surface area contributed by atoms with Gasteiger partial charge in [0.1, 0.15) is 0 Å². The fraction of sp³-hybridized carbons (Fsp3) is 0.435. The molecule has 1 aliphatic carbocycles. The van der Waals surface area contributed by atoms with E-state index in [0.717, 1.165) is 36.8 Å². The average Bonchev–Trinajstić information content (AvgIpc) is 3.59. The van der Waals surface area contributed by atoms with Crippen molar-refractivity contribution in [3.63, 3.8) is 0 Å². The van der Waals surface area contributed by atoms with Crippen molar-refractivity contribution >= 4 is 15.9 Å². The number of amides is 1. The van der Waals surface area contributed by atoms with Crippen LogP contribution in [0.3, 0.4) is 0 Å². The molecule has 152 valence electrons. The number of carbonyl (C=O) groups excluding carboxylic acids is 1. The first-order chi connectivity index (χ1) is 14.1. The van der Waals surface area contributed by atoms with Gasteiger partial charge in [-0.1, -0.05) is 48.5 Å². The highest BCUT2D eigenvalue weighted by Crippen LogP contribution is 2.40. The van der Waals surface area contributed by atoms with E-state index in [2.05, 4.69) is 4.90 Å². The second-order valence-electron chi connectivity index (χ2n) is 8.41. The lowest BCUT2D eigenvalue weighted by Gasteiger charge is -2.47. The Bertz CT molecular complexity index is 1020. The van der Waals surface area contributed by atoms with E-state index in [1.165, 1.54) is 0 Å². The number of benzene rings is 2. The maximum atomic E-state index is 13.6. The van der Waals surface area contributed by atoms with Crippen molar-refractivity contribution in [2.75, 3.05) is 13.1 Å². The highest BCUT2D eigenvalue weighted by atomic mass is 32.2. The van der Waals surface area contributed by atoms with Crippen molar-refractivity contribution in [1.29, 1.82) is 0 Å². The van der Waals surface area contributed by atoms with E-state index in [9.17, 15) is 13.2 Å². The maximum absolute atomic E-state index is 13.6. The Balaban J connectivity index is 1.43. The highest BCUT2D eigenvalue weighted by Gasteiger charge is 2.47. The van der Waals surface area contributed by atoms with Crippen LogP contribution in [-0.4, -0.2) is 48.7 Å². The Morgan fingerprint density at radius 1 is 0.862 bits per heavy atom. The van der Waals surface area contributed by atoms with Crippen LogP contribution in [0, 0.1) is 5.92 Å². The number of hydrogen-bond acceptors (Lipinski definition) is 3. The first kappa shape index (κ1) is 18.8. The quantitative estimate of drug-likeness (QED) is 0.775. The van der Waals surface area contributed by atoms with E-state index < -0.39 is 10.0 Å². The molecule has 5 nitrogen and oxygen atoms in total. The third kappa shape index (κ3) is 3.38. The summed E-state index contributed by atoms with van der Waals surface area (Å²) in [4.78, 5) is 14.9. The molecule has 2 unspecified atom stereocenters. The van der Waals surface area contributed by atoms with Crippen LogP contribution in [0.1, 0.15) is 32.1 Å². The molecular weight excluding hydrogens is 384 g/mol. The molecule has 0 spiro atoms. The summed E-state index contributed by atoms with van der Waals surface area (Å²) < 4.78 is 28.8. The molecule has 0 N–H and O–H groups in total. The SMILES string of the molecule is O=C1CCC2CN(S(=O)(=O)c3ccccc3-c3ccccc3)CCC2N1C1CC1. The maximum Gasteiger partial charge on any atom is 0.243 e. The van der Waals surface area contributed by atoms with Gasteiger partial charge >= 0.3 is 0 Å². The number of rotatable bonds is 4. The molecule has 1 amide bonds. The molecule has 1 saturated carbocycles. The van der Waals surface area contributed by atoms with Gasteiger partial charge in [-0.05, 0) is 43.2 Å². The standard InChI is InChI=1S/C23H26N2O3S/c26-23-13-10-18-16-24(15-14-21(18)25(23)19-11-12-19)29(27,28)22-9-5-4-8-20(22)17-6-2-1-3-7-17/h1-9,18-19,21H,10-16H2. The molecule has 0 bridgehead atoms. The van der Waals surface area contributed by atoms with Gasteiger partial charge in [0.25, 0.3) is 0 Å². The van der Waals surface area contributed by atoms with Crippen LogP contribution in [-0.2, 0) is 14.8 Å². The van der Waals surface area contributed by atoms with E-state index in [-0.39, 0.29) is 17.9 Å². The normalized spacial score (nSPS) is 25.7. The van der Waals surface area contributed by atoms with E-state index in [1.54, 1.807) is 16.4 Å². The number of fused-ring (bicyclic) bond motifs is 1. The van der Waals surface area contributed by atoms with Crippen molar-refractivity contribution in [3.05, 3.63) is 54.6 Å². The molecule has 3 fully saturated rings. The summed E-state index contributed by atoms with van der Waals surface area (Å²) in [5, 5.41) is 0. The van der Waals surface area contributed by atoms with E-state index in [4.69, 9.17) is 0 Å². The Morgan fingerprint density at radius 2 is 1.59 bits per heavy atom. The van der Waals surface area contributed by atoms with Gasteiger partial charge in [0.05, 0.1) is 4.90 Å². The summed E-state index contributed by atoms with van der Waals surface area (Å²) in [6.07, 6.45) is 4.27. The number of piperidine rings is 2. The number of nitrogens with zero attached hydrogens (tertiary/aromatic N) is 2. The third-order valence-corrected chi connectivity index (χ3v) is 8.48. The Hall–Kier alpha value is -2.18. The minimum atomic E-state index is -3.60. The van der Waals surface area contributed by atoms with Gasteiger partial charge < -0.3 is 4.90 Å². The molecule has 0 aromatic heterocycles. The van der Waals surface area contributed by atoms with Gasteiger partial charge in [-0.25, -0.2) is 8.42 Å². The van der Waals surface area contributed by atoms with E-state index >= 15 is 0 Å². The number of hydrogen-bond donors (Lipinski definition) is 0. The first-order valence-electron chi connectivity index (χ1n) is 10.5. The molecule has 2 aromatic carbocycles. The highest BCUT2D eigenvalue weighted by molar-refractivity contribution is 7.89. The van der Waals surface area contributed by atoms with E-state index in [0.29, 0.717) is 30.4 Å². The zero-order chi connectivity index (χ0) is 20.0. The molecule has 0 radical (unpaired) electrons. The smallest absolute Gasteiger partial charge is 0.243 e. The molecule has 2 atom stereocenters. The largest absolute Gasteiger partial charge is 0.336 e. The minimum Gasteiger partial charge on any atom is -0.336 e. The molecule has 2 saturated heterocycles. The molecule has 5 rings (SSSR count).